The van der Waals surface area contributed by atoms with Crippen LogP contribution in [0.3, 0.4) is 0 Å². The fourth-order valence-corrected chi connectivity index (χ4v) is 5.63. The molecule has 5 rings (SSSR count). The minimum absolute atomic E-state index is 0.0652. The maximum absolute atomic E-state index is 14.1. The number of carbonyl (C=O) groups excluding carboxylic acids is 1. The van der Waals surface area contributed by atoms with E-state index in [0.29, 0.717) is 17.1 Å². The molecular weight excluding hydrogens is 595 g/mol. The molecule has 0 radical (unpaired) electrons. The number of hydrogen-bond acceptors (Lipinski definition) is 8. The second kappa shape index (κ2) is 12.3. The average molecular weight is 625 g/mol. The smallest absolute Gasteiger partial charge is 0.356 e. The van der Waals surface area contributed by atoms with Crippen molar-refractivity contribution < 1.29 is 41.7 Å². The Morgan fingerprint density at radius 2 is 1.86 bits per heavy atom. The van der Waals surface area contributed by atoms with Gasteiger partial charge in [-0.15, -0.1) is 0 Å². The molecule has 4 aromatic rings. The first-order valence-electron chi connectivity index (χ1n) is 13.5. The largest absolute Gasteiger partial charge is 0.476 e. The summed E-state index contributed by atoms with van der Waals surface area (Å²) in [6.07, 6.45) is 0.215. The summed E-state index contributed by atoms with van der Waals surface area (Å²) in [6.45, 7) is 5.14. The van der Waals surface area contributed by atoms with Crippen molar-refractivity contribution in [2.45, 2.75) is 38.6 Å². The third-order valence-electron chi connectivity index (χ3n) is 6.54. The molecule has 0 fully saturated rings. The van der Waals surface area contributed by atoms with Crippen LogP contribution in [-0.4, -0.2) is 42.0 Å². The number of amides is 1. The zero-order valence-electron chi connectivity index (χ0n) is 24.0. The molecule has 0 bridgehead atoms. The van der Waals surface area contributed by atoms with E-state index >= 15 is 0 Å². The van der Waals surface area contributed by atoms with E-state index in [-0.39, 0.29) is 70.7 Å². The van der Waals surface area contributed by atoms with E-state index in [4.69, 9.17) is 14.2 Å². The molecule has 0 saturated heterocycles. The minimum atomic E-state index is -4.32. The second-order valence-corrected chi connectivity index (χ2v) is 12.1. The fourth-order valence-electron chi connectivity index (χ4n) is 4.46. The predicted molar refractivity (Wildman–Crippen MR) is 156 cm³/mol. The first-order valence-corrected chi connectivity index (χ1v) is 15.0. The Balaban J connectivity index is 1.54. The highest BCUT2D eigenvalue weighted by Crippen LogP contribution is 2.36. The lowest BCUT2D eigenvalue weighted by atomic mass is 10.1. The molecule has 1 amide bonds. The van der Waals surface area contributed by atoms with E-state index in [9.17, 15) is 27.5 Å². The van der Waals surface area contributed by atoms with Crippen LogP contribution in [0.2, 0.25) is 0 Å². The molecule has 0 spiro atoms. The number of carbonyl (C=O) groups is 2. The molecule has 3 N–H and O–H groups in total. The summed E-state index contributed by atoms with van der Waals surface area (Å²) in [5, 5.41) is 16.5. The van der Waals surface area contributed by atoms with Crippen molar-refractivity contribution in [2.24, 2.45) is 5.92 Å². The number of sulfonamides is 1. The van der Waals surface area contributed by atoms with Crippen LogP contribution >= 0.6 is 0 Å². The van der Waals surface area contributed by atoms with Gasteiger partial charge in [0.2, 0.25) is 28.6 Å². The van der Waals surface area contributed by atoms with Gasteiger partial charge in [-0.2, -0.15) is 9.78 Å². The number of aromatic nitrogens is 2. The van der Waals surface area contributed by atoms with Crippen LogP contribution < -0.4 is 24.2 Å². The van der Waals surface area contributed by atoms with E-state index in [2.05, 4.69) is 15.1 Å². The topological polar surface area (TPSA) is 158 Å². The molecule has 12 nitrogen and oxygen atoms in total. The van der Waals surface area contributed by atoms with Gasteiger partial charge in [-0.05, 0) is 66.9 Å². The number of benzene rings is 3. The van der Waals surface area contributed by atoms with Gasteiger partial charge in [0.25, 0.3) is 0 Å². The zero-order chi connectivity index (χ0) is 31.6. The molecule has 0 unspecified atom stereocenters. The number of carboxylic acid groups (broad SMARTS) is 1. The lowest BCUT2D eigenvalue weighted by Crippen LogP contribution is -2.24. The SMILES string of the molecule is Cc1c(C(=O)O)nn(-c2cccc(F)c2)c1Oc1ccc(NC(=O)CC(C)C)cc1S(=O)(=O)NCc1ccc2c(c1)OCO2. The Bertz CT molecular complexity index is 1860. The molecule has 0 saturated carbocycles. The van der Waals surface area contributed by atoms with Crippen molar-refractivity contribution in [1.82, 2.24) is 14.5 Å². The predicted octanol–water partition coefficient (Wildman–Crippen LogP) is 5.00. The molecule has 1 aromatic heterocycles. The van der Waals surface area contributed by atoms with Crippen LogP contribution in [0.15, 0.2) is 65.6 Å². The monoisotopic (exact) mass is 624 g/mol. The Labute approximate surface area is 252 Å². The molecule has 1 aliphatic heterocycles. The standard InChI is InChI=1S/C30H29FN4O8S/c1-17(2)11-27(36)33-21-8-10-24(26(14-21)44(39,40)32-15-19-7-9-23-25(12-19)42-16-41-23)43-29-18(3)28(30(37)38)34-35(29)22-6-4-5-20(31)13-22/h4-10,12-14,17,32H,11,15-16H2,1-3H3,(H,33,36)(H,37,38). The van der Waals surface area contributed by atoms with Gasteiger partial charge in [-0.25, -0.2) is 22.3 Å². The van der Waals surface area contributed by atoms with Crippen LogP contribution in [0.1, 0.15) is 41.9 Å². The van der Waals surface area contributed by atoms with Crippen molar-refractivity contribution in [1.29, 1.82) is 0 Å². The Hall–Kier alpha value is -4.95. The number of nitrogens with one attached hydrogen (secondary N) is 2. The number of nitrogens with zero attached hydrogens (tertiary/aromatic N) is 2. The summed E-state index contributed by atoms with van der Waals surface area (Å²) in [6, 6.07) is 14.3. The number of fused-ring (bicyclic) bond motifs is 1. The van der Waals surface area contributed by atoms with Crippen molar-refractivity contribution in [2.75, 3.05) is 12.1 Å². The molecule has 3 aromatic carbocycles. The van der Waals surface area contributed by atoms with Gasteiger partial charge in [-0.3, -0.25) is 4.79 Å². The van der Waals surface area contributed by atoms with Gasteiger partial charge in [0.1, 0.15) is 16.5 Å². The highest BCUT2D eigenvalue weighted by Gasteiger charge is 2.27. The van der Waals surface area contributed by atoms with Crippen LogP contribution in [-0.2, 0) is 21.4 Å². The molecule has 0 atom stereocenters. The quantitative estimate of drug-likeness (QED) is 0.209. The first kappa shape index (κ1) is 30.5. The number of halogens is 1. The summed E-state index contributed by atoms with van der Waals surface area (Å²) >= 11 is 0. The summed E-state index contributed by atoms with van der Waals surface area (Å²) in [5.74, 6) is -1.51. The molecule has 14 heteroatoms. The van der Waals surface area contributed by atoms with Crippen LogP contribution in [0, 0.1) is 18.7 Å². The summed E-state index contributed by atoms with van der Waals surface area (Å²) < 4.78 is 61.9. The normalized spacial score (nSPS) is 12.4. The number of rotatable bonds is 11. The average Bonchev–Trinajstić information content (AvgIpc) is 3.56. The maximum Gasteiger partial charge on any atom is 0.356 e. The number of carboxylic acids is 1. The van der Waals surface area contributed by atoms with Crippen molar-refractivity contribution in [3.8, 4) is 28.8 Å². The van der Waals surface area contributed by atoms with Gasteiger partial charge >= 0.3 is 5.97 Å². The van der Waals surface area contributed by atoms with Crippen LogP contribution in [0.25, 0.3) is 5.69 Å². The van der Waals surface area contributed by atoms with E-state index in [1.54, 1.807) is 18.2 Å². The highest BCUT2D eigenvalue weighted by molar-refractivity contribution is 7.89. The number of anilines is 1. The maximum atomic E-state index is 14.1. The lowest BCUT2D eigenvalue weighted by Gasteiger charge is -2.16. The van der Waals surface area contributed by atoms with E-state index in [0.717, 1.165) is 10.7 Å². The Morgan fingerprint density at radius 3 is 2.59 bits per heavy atom. The summed E-state index contributed by atoms with van der Waals surface area (Å²) in [4.78, 5) is 24.0. The molecular formula is C30H29FN4O8S. The molecule has 2 heterocycles. The van der Waals surface area contributed by atoms with Gasteiger partial charge in [0, 0.05) is 24.2 Å². The summed E-state index contributed by atoms with van der Waals surface area (Å²) in [7, 11) is -4.32. The minimum Gasteiger partial charge on any atom is -0.476 e. The molecule has 1 aliphatic rings. The molecule has 0 aliphatic carbocycles. The van der Waals surface area contributed by atoms with Crippen molar-refractivity contribution in [3.05, 3.63) is 83.3 Å². The van der Waals surface area contributed by atoms with E-state index < -0.39 is 21.8 Å². The lowest BCUT2D eigenvalue weighted by molar-refractivity contribution is -0.116. The van der Waals surface area contributed by atoms with Crippen molar-refractivity contribution >= 4 is 27.6 Å². The van der Waals surface area contributed by atoms with Gasteiger partial charge in [-0.1, -0.05) is 26.0 Å². The summed E-state index contributed by atoms with van der Waals surface area (Å²) in [5.41, 5.74) is 0.652. The fraction of sp³-hybridized carbons (Fsp3) is 0.233. The van der Waals surface area contributed by atoms with Gasteiger partial charge in [0.15, 0.2) is 17.2 Å². The van der Waals surface area contributed by atoms with E-state index in [1.807, 2.05) is 13.8 Å². The Kier molecular flexibility index (Phi) is 8.56. The molecule has 230 valence electrons. The van der Waals surface area contributed by atoms with Gasteiger partial charge in [0.05, 0.1) is 5.69 Å². The number of aromatic carboxylic acids is 1. The van der Waals surface area contributed by atoms with E-state index in [1.165, 1.54) is 43.3 Å². The van der Waals surface area contributed by atoms with Gasteiger partial charge < -0.3 is 24.6 Å². The third kappa shape index (κ3) is 6.66. The second-order valence-electron chi connectivity index (χ2n) is 10.4. The van der Waals surface area contributed by atoms with Crippen molar-refractivity contribution in [3.63, 3.8) is 0 Å². The third-order valence-corrected chi connectivity index (χ3v) is 7.97. The van der Waals surface area contributed by atoms with Crippen LogP contribution in [0.5, 0.6) is 23.1 Å². The molecule has 44 heavy (non-hydrogen) atoms. The number of hydrogen-bond donors (Lipinski definition) is 3. The highest BCUT2D eigenvalue weighted by atomic mass is 32.2. The number of ether oxygens (including phenoxy) is 3. The zero-order valence-corrected chi connectivity index (χ0v) is 24.8. The Morgan fingerprint density at radius 1 is 1.09 bits per heavy atom. The first-order chi connectivity index (χ1) is 20.9. The van der Waals surface area contributed by atoms with Crippen LogP contribution in [0.4, 0.5) is 10.1 Å².